The van der Waals surface area contributed by atoms with E-state index in [4.69, 9.17) is 21.6 Å². The zero-order chi connectivity index (χ0) is 20.8. The number of fused-ring (bicyclic) bond motifs is 1. The van der Waals surface area contributed by atoms with Gasteiger partial charge >= 0.3 is 5.69 Å². The predicted molar refractivity (Wildman–Crippen MR) is 113 cm³/mol. The summed E-state index contributed by atoms with van der Waals surface area (Å²) < 4.78 is 1.66. The van der Waals surface area contributed by atoms with Crippen LogP contribution in [0, 0.1) is 5.92 Å². The van der Waals surface area contributed by atoms with Gasteiger partial charge in [0.15, 0.2) is 11.1 Å². The summed E-state index contributed by atoms with van der Waals surface area (Å²) in [6.07, 6.45) is 11.4. The normalized spacial score (nSPS) is 22.7. The Bertz CT molecular complexity index is 1360. The molecule has 2 unspecified atom stereocenters. The Morgan fingerprint density at radius 1 is 1.40 bits per heavy atom. The van der Waals surface area contributed by atoms with Crippen molar-refractivity contribution in [3.05, 3.63) is 63.1 Å². The van der Waals surface area contributed by atoms with E-state index in [1.165, 1.54) is 0 Å². The summed E-state index contributed by atoms with van der Waals surface area (Å²) in [7, 11) is 0. The highest BCUT2D eigenvalue weighted by atomic mass is 35.5. The van der Waals surface area contributed by atoms with Crippen LogP contribution in [0.1, 0.15) is 25.5 Å². The number of imidazole rings is 1. The Morgan fingerprint density at radius 3 is 2.93 bits per heavy atom. The number of anilines is 1. The maximum absolute atomic E-state index is 11.4. The lowest BCUT2D eigenvalue weighted by atomic mass is 10.0. The lowest BCUT2D eigenvalue weighted by Gasteiger charge is -2.18. The van der Waals surface area contributed by atoms with E-state index in [-0.39, 0.29) is 22.9 Å². The Hall–Kier alpha value is -3.33. The first kappa shape index (κ1) is 18.7. The van der Waals surface area contributed by atoms with Gasteiger partial charge in [-0.1, -0.05) is 13.0 Å². The Balaban J connectivity index is 1.63. The number of hydrogen-bond donors (Lipinski definition) is 4. The zero-order valence-electron chi connectivity index (χ0n) is 16.1. The van der Waals surface area contributed by atoms with E-state index < -0.39 is 5.69 Å². The fraction of sp³-hybridized carbons (Fsp3) is 0.300. The first-order chi connectivity index (χ1) is 14.5. The van der Waals surface area contributed by atoms with Crippen LogP contribution in [0.2, 0.25) is 0 Å². The Kier molecular flexibility index (Phi) is 4.47. The number of hydrogen-bond acceptors (Lipinski definition) is 6. The van der Waals surface area contributed by atoms with Crippen molar-refractivity contribution in [3.8, 4) is 5.88 Å². The van der Waals surface area contributed by atoms with Gasteiger partial charge in [-0.25, -0.2) is 9.78 Å². The highest BCUT2D eigenvalue weighted by Gasteiger charge is 2.20. The molecule has 2 aliphatic rings. The third-order valence-electron chi connectivity index (χ3n) is 5.07. The average Bonchev–Trinajstić information content (AvgIpc) is 3.34. The van der Waals surface area contributed by atoms with Gasteiger partial charge in [0, 0.05) is 17.0 Å². The smallest absolute Gasteiger partial charge is 0.326 e. The number of alkyl halides is 1. The molecule has 0 spiro atoms. The molecule has 2 aliphatic carbocycles. The number of aromatic nitrogens is 5. The topological polar surface area (TPSA) is 123 Å². The molecule has 0 saturated heterocycles. The van der Waals surface area contributed by atoms with Crippen molar-refractivity contribution >= 4 is 29.1 Å². The molecule has 3 aromatic heterocycles. The molecule has 0 aliphatic heterocycles. The van der Waals surface area contributed by atoms with Crippen molar-refractivity contribution in [3.63, 3.8) is 0 Å². The largest absolute Gasteiger partial charge is 0.493 e. The van der Waals surface area contributed by atoms with Gasteiger partial charge in [0.25, 0.3) is 0 Å². The molecule has 1 fully saturated rings. The summed E-state index contributed by atoms with van der Waals surface area (Å²) in [5.41, 5.74) is 1.87. The van der Waals surface area contributed by atoms with Crippen LogP contribution in [-0.2, 0) is 0 Å². The average molecular weight is 426 g/mol. The second-order valence-corrected chi connectivity index (χ2v) is 8.09. The molecule has 0 radical (unpaired) electrons. The van der Waals surface area contributed by atoms with Gasteiger partial charge in [0.1, 0.15) is 11.5 Å². The molecule has 2 atom stereocenters. The van der Waals surface area contributed by atoms with Crippen LogP contribution in [0.3, 0.4) is 0 Å². The molecule has 154 valence electrons. The summed E-state index contributed by atoms with van der Waals surface area (Å²) in [6, 6.07) is 2.15. The Labute approximate surface area is 175 Å². The van der Waals surface area contributed by atoms with Crippen molar-refractivity contribution in [1.82, 2.24) is 24.6 Å². The molecule has 3 aromatic rings. The quantitative estimate of drug-likeness (QED) is 0.467. The number of H-pyrrole nitrogens is 2. The van der Waals surface area contributed by atoms with E-state index in [1.54, 1.807) is 16.8 Å². The lowest BCUT2D eigenvalue weighted by Crippen LogP contribution is -2.21. The SMILES string of the molecule is CC1C=CC(Nc2cc(=NC3CC3)n3nc/c(=C/c4[nH]c(=O)[nH]c4O)c3n2)=CC1Cl. The molecule has 1 saturated carbocycles. The highest BCUT2D eigenvalue weighted by Crippen LogP contribution is 2.23. The standard InChI is InChI=1S/C20H20ClN7O2/c1-10-2-3-13(7-14(10)21)23-16-8-17(24-12-4-5-12)28-18(26-16)11(9-22-28)6-15-19(29)27-20(30)25-15/h2-3,6-10,12,14,23,29H,4-5H2,1H3,(H2,25,27,30)/b11-6-,24-17?. The molecule has 30 heavy (non-hydrogen) atoms. The van der Waals surface area contributed by atoms with Crippen LogP contribution >= 0.6 is 11.6 Å². The summed E-state index contributed by atoms with van der Waals surface area (Å²) >= 11 is 6.37. The summed E-state index contributed by atoms with van der Waals surface area (Å²) in [6.45, 7) is 2.06. The van der Waals surface area contributed by atoms with Gasteiger partial charge in [0.05, 0.1) is 17.6 Å². The minimum atomic E-state index is -0.490. The van der Waals surface area contributed by atoms with Crippen molar-refractivity contribution in [2.24, 2.45) is 10.9 Å². The number of rotatable bonds is 4. The maximum atomic E-state index is 11.4. The minimum absolute atomic E-state index is 0.0934. The first-order valence-corrected chi connectivity index (χ1v) is 10.2. The Morgan fingerprint density at radius 2 is 2.23 bits per heavy atom. The van der Waals surface area contributed by atoms with Crippen LogP contribution in [0.15, 0.2) is 46.0 Å². The monoisotopic (exact) mass is 425 g/mol. The number of aromatic amines is 2. The van der Waals surface area contributed by atoms with Crippen LogP contribution in [0.4, 0.5) is 5.82 Å². The van der Waals surface area contributed by atoms with Gasteiger partial charge in [-0.15, -0.1) is 11.6 Å². The van der Waals surface area contributed by atoms with E-state index in [1.807, 2.05) is 18.2 Å². The zero-order valence-corrected chi connectivity index (χ0v) is 16.9. The molecule has 3 heterocycles. The number of allylic oxidation sites excluding steroid dienone is 3. The molecule has 0 bridgehead atoms. The molecule has 9 nitrogen and oxygen atoms in total. The van der Waals surface area contributed by atoms with E-state index >= 15 is 0 Å². The number of nitrogens with zero attached hydrogens (tertiary/aromatic N) is 4. The summed E-state index contributed by atoms with van der Waals surface area (Å²) in [5.74, 6) is 0.634. The van der Waals surface area contributed by atoms with Crippen LogP contribution < -0.4 is 21.7 Å². The molecular formula is C20H20ClN7O2. The third-order valence-corrected chi connectivity index (χ3v) is 5.59. The maximum Gasteiger partial charge on any atom is 0.326 e. The molecule has 4 N–H and O–H groups in total. The fourth-order valence-corrected chi connectivity index (χ4v) is 3.45. The van der Waals surface area contributed by atoms with Crippen LogP contribution in [0.25, 0.3) is 11.7 Å². The minimum Gasteiger partial charge on any atom is -0.493 e. The van der Waals surface area contributed by atoms with E-state index in [9.17, 15) is 9.90 Å². The second kappa shape index (κ2) is 7.17. The lowest BCUT2D eigenvalue weighted by molar-refractivity contribution is 0.454. The molecular weight excluding hydrogens is 406 g/mol. The van der Waals surface area contributed by atoms with Crippen molar-refractivity contribution in [1.29, 1.82) is 0 Å². The van der Waals surface area contributed by atoms with Crippen LogP contribution in [-0.4, -0.2) is 41.1 Å². The van der Waals surface area contributed by atoms with Crippen molar-refractivity contribution in [2.75, 3.05) is 5.32 Å². The third kappa shape index (κ3) is 3.63. The van der Waals surface area contributed by atoms with Gasteiger partial charge in [0.2, 0.25) is 5.88 Å². The van der Waals surface area contributed by atoms with E-state index in [2.05, 4.69) is 33.4 Å². The summed E-state index contributed by atoms with van der Waals surface area (Å²) in [5, 5.41) is 18.1. The number of aromatic hydroxyl groups is 1. The molecule has 5 rings (SSSR count). The first-order valence-electron chi connectivity index (χ1n) is 9.73. The highest BCUT2D eigenvalue weighted by molar-refractivity contribution is 6.22. The van der Waals surface area contributed by atoms with Gasteiger partial charge < -0.3 is 15.4 Å². The van der Waals surface area contributed by atoms with Gasteiger partial charge in [-0.2, -0.15) is 9.61 Å². The van der Waals surface area contributed by atoms with E-state index in [0.717, 1.165) is 18.5 Å². The second-order valence-electron chi connectivity index (χ2n) is 7.59. The van der Waals surface area contributed by atoms with Crippen molar-refractivity contribution in [2.45, 2.75) is 31.2 Å². The van der Waals surface area contributed by atoms with Crippen LogP contribution in [0.5, 0.6) is 5.88 Å². The summed E-state index contributed by atoms with van der Waals surface area (Å²) in [4.78, 5) is 25.7. The number of halogens is 1. The molecule has 0 aromatic carbocycles. The van der Waals surface area contributed by atoms with E-state index in [0.29, 0.717) is 28.2 Å². The van der Waals surface area contributed by atoms with Gasteiger partial charge in [-0.3, -0.25) is 9.98 Å². The van der Waals surface area contributed by atoms with Crippen molar-refractivity contribution < 1.29 is 5.11 Å². The predicted octanol–water partition coefficient (Wildman–Crippen LogP) is 1.17. The molecule has 0 amide bonds. The fourth-order valence-electron chi connectivity index (χ4n) is 3.23. The number of nitrogens with one attached hydrogen (secondary N) is 3. The molecule has 10 heteroatoms. The van der Waals surface area contributed by atoms with Gasteiger partial charge in [-0.05, 0) is 37.0 Å².